The number of nitrogens with one attached hydrogen (secondary N) is 1. The van der Waals surface area contributed by atoms with Gasteiger partial charge in [-0.2, -0.15) is 4.31 Å². The molecule has 4 rings (SSSR count). The minimum Gasteiger partial charge on any atom is -0.345 e. The average Bonchev–Trinajstić information content (AvgIpc) is 3.50. The predicted molar refractivity (Wildman–Crippen MR) is 133 cm³/mol. The molecule has 0 atom stereocenters. The van der Waals surface area contributed by atoms with Crippen molar-refractivity contribution in [2.24, 2.45) is 0 Å². The Morgan fingerprint density at radius 1 is 1.12 bits per heavy atom. The molecule has 1 amide bonds. The van der Waals surface area contributed by atoms with Gasteiger partial charge in [0, 0.05) is 38.0 Å². The van der Waals surface area contributed by atoms with Gasteiger partial charge < -0.3 is 9.88 Å². The van der Waals surface area contributed by atoms with Crippen LogP contribution in [0.25, 0.3) is 11.0 Å². The van der Waals surface area contributed by atoms with Crippen LogP contribution in [0.5, 0.6) is 0 Å². The van der Waals surface area contributed by atoms with Gasteiger partial charge in [0.05, 0.1) is 22.5 Å². The van der Waals surface area contributed by atoms with Crippen LogP contribution >= 0.6 is 0 Å². The largest absolute Gasteiger partial charge is 0.345 e. The fourth-order valence-electron chi connectivity index (χ4n) is 4.19. The van der Waals surface area contributed by atoms with Crippen LogP contribution < -0.4 is 5.32 Å². The zero-order chi connectivity index (χ0) is 24.0. The molecular weight excluding hydrogens is 448 g/mol. The molecule has 0 unspecified atom stereocenters. The lowest BCUT2D eigenvalue weighted by Crippen LogP contribution is -2.27. The topological polar surface area (TPSA) is 84.3 Å². The Bertz CT molecular complexity index is 1310. The van der Waals surface area contributed by atoms with Crippen LogP contribution in [0, 0.1) is 11.8 Å². The summed E-state index contributed by atoms with van der Waals surface area (Å²) < 4.78 is 29.5. The summed E-state index contributed by atoms with van der Waals surface area (Å²) in [6.45, 7) is 4.27. The second kappa shape index (κ2) is 10.9. The third-order valence-electron chi connectivity index (χ3n) is 5.90. The zero-order valence-electron chi connectivity index (χ0n) is 19.5. The zero-order valence-corrected chi connectivity index (χ0v) is 20.3. The summed E-state index contributed by atoms with van der Waals surface area (Å²) in [4.78, 5) is 17.3. The Balaban J connectivity index is 1.44. The number of fused-ring (bicyclic) bond motifs is 1. The maximum absolute atomic E-state index is 13.0. The van der Waals surface area contributed by atoms with Crippen molar-refractivity contribution in [3.8, 4) is 11.8 Å². The number of amides is 1. The molecule has 3 aromatic rings. The maximum Gasteiger partial charge on any atom is 0.243 e. The second-order valence-corrected chi connectivity index (χ2v) is 10.3. The number of hydrogen-bond donors (Lipinski definition) is 1. The summed E-state index contributed by atoms with van der Waals surface area (Å²) in [5, 5.41) is 2.83. The summed E-state index contributed by atoms with van der Waals surface area (Å²) in [7, 11) is -3.50. The van der Waals surface area contributed by atoms with E-state index < -0.39 is 10.0 Å². The third-order valence-corrected chi connectivity index (χ3v) is 7.80. The molecule has 1 saturated heterocycles. The van der Waals surface area contributed by atoms with E-state index >= 15 is 0 Å². The van der Waals surface area contributed by atoms with E-state index in [4.69, 9.17) is 4.98 Å². The second-order valence-electron chi connectivity index (χ2n) is 8.39. The molecule has 0 saturated carbocycles. The van der Waals surface area contributed by atoms with Crippen molar-refractivity contribution in [2.75, 3.05) is 19.6 Å². The number of rotatable bonds is 8. The van der Waals surface area contributed by atoms with Crippen LogP contribution in [0.15, 0.2) is 53.4 Å². The fraction of sp³-hybridized carbons (Fsp3) is 0.385. The quantitative estimate of drug-likeness (QED) is 0.504. The molecule has 1 aliphatic heterocycles. The molecule has 0 bridgehead atoms. The first-order valence-corrected chi connectivity index (χ1v) is 13.2. The first-order valence-electron chi connectivity index (χ1n) is 11.8. The van der Waals surface area contributed by atoms with E-state index in [2.05, 4.69) is 28.6 Å². The van der Waals surface area contributed by atoms with Crippen LogP contribution in [-0.4, -0.2) is 47.8 Å². The lowest BCUT2D eigenvalue weighted by molar-refractivity contribution is -0.120. The highest BCUT2D eigenvalue weighted by atomic mass is 32.2. The molecule has 0 spiro atoms. The first kappa shape index (κ1) is 24.0. The number of carbonyl (C=O) groups is 1. The Labute approximate surface area is 201 Å². The molecule has 7 nitrogen and oxygen atoms in total. The van der Waals surface area contributed by atoms with E-state index in [9.17, 15) is 13.2 Å². The lowest BCUT2D eigenvalue weighted by atomic mass is 10.2. The average molecular weight is 479 g/mol. The minimum absolute atomic E-state index is 0.0882. The van der Waals surface area contributed by atoms with Crippen LogP contribution in [0.4, 0.5) is 0 Å². The van der Waals surface area contributed by atoms with E-state index in [-0.39, 0.29) is 17.3 Å². The van der Waals surface area contributed by atoms with Crippen molar-refractivity contribution < 1.29 is 13.2 Å². The molecule has 1 aliphatic rings. The van der Waals surface area contributed by atoms with Gasteiger partial charge in [0.2, 0.25) is 15.9 Å². The minimum atomic E-state index is -3.50. The van der Waals surface area contributed by atoms with Crippen molar-refractivity contribution in [3.63, 3.8) is 0 Å². The van der Waals surface area contributed by atoms with Crippen LogP contribution in [0.2, 0.25) is 0 Å². The molecule has 178 valence electrons. The molecular formula is C26H30N4O3S. The monoisotopic (exact) mass is 478 g/mol. The number of imidazole rings is 1. The van der Waals surface area contributed by atoms with Gasteiger partial charge in [-0.05, 0) is 49.6 Å². The Kier molecular flexibility index (Phi) is 7.66. The molecule has 8 heteroatoms. The van der Waals surface area contributed by atoms with Crippen LogP contribution in [0.3, 0.4) is 0 Å². The third kappa shape index (κ3) is 5.49. The van der Waals surface area contributed by atoms with E-state index in [1.54, 1.807) is 16.4 Å². The molecule has 2 heterocycles. The van der Waals surface area contributed by atoms with Crippen molar-refractivity contribution in [2.45, 2.75) is 50.5 Å². The highest BCUT2D eigenvalue weighted by Crippen LogP contribution is 2.25. The van der Waals surface area contributed by atoms with Crippen molar-refractivity contribution in [1.29, 1.82) is 0 Å². The lowest BCUT2D eigenvalue weighted by Gasteiger charge is -2.15. The summed E-state index contributed by atoms with van der Waals surface area (Å²) in [5.74, 6) is 6.69. The number of aromatic nitrogens is 2. The van der Waals surface area contributed by atoms with E-state index in [1.165, 1.54) is 0 Å². The smallest absolute Gasteiger partial charge is 0.243 e. The fourth-order valence-corrected chi connectivity index (χ4v) is 5.72. The standard InChI is InChI=1S/C26H30N4O3S/c1-2-17-30-24-13-12-22(34(32,33)29-18-6-7-19-29)20-23(24)28-25(30)14-15-26(31)27-16-8-11-21-9-4-3-5-10-21/h3-5,9-10,12-13,20H,2,6-7,14-19H2,1H3,(H,27,31). The van der Waals surface area contributed by atoms with Crippen molar-refractivity contribution in [1.82, 2.24) is 19.2 Å². The molecule has 1 aromatic heterocycles. The van der Waals surface area contributed by atoms with Gasteiger partial charge in [-0.25, -0.2) is 13.4 Å². The van der Waals surface area contributed by atoms with Crippen molar-refractivity contribution >= 4 is 27.0 Å². The number of carbonyl (C=O) groups excluding carboxylic acids is 1. The van der Waals surface area contributed by atoms with Gasteiger partial charge in [-0.3, -0.25) is 4.79 Å². The highest BCUT2D eigenvalue weighted by molar-refractivity contribution is 7.89. The summed E-state index contributed by atoms with van der Waals surface area (Å²) >= 11 is 0. The normalized spacial score (nSPS) is 14.1. The number of nitrogens with zero attached hydrogens (tertiary/aromatic N) is 3. The summed E-state index contributed by atoms with van der Waals surface area (Å²) in [5.41, 5.74) is 2.46. The van der Waals surface area contributed by atoms with E-state index in [0.29, 0.717) is 31.4 Å². The number of sulfonamides is 1. The van der Waals surface area contributed by atoms with Gasteiger partial charge in [0.1, 0.15) is 5.82 Å². The van der Waals surface area contributed by atoms with Gasteiger partial charge in [0.15, 0.2) is 0 Å². The van der Waals surface area contributed by atoms with E-state index in [1.807, 2.05) is 36.4 Å². The molecule has 1 fully saturated rings. The summed E-state index contributed by atoms with van der Waals surface area (Å²) in [6.07, 6.45) is 3.47. The molecule has 0 aliphatic carbocycles. The molecule has 34 heavy (non-hydrogen) atoms. The SMILES string of the molecule is CCCn1c(CCC(=O)NCC#Cc2ccccc2)nc2cc(S(=O)(=O)N3CCCC3)ccc21. The highest BCUT2D eigenvalue weighted by Gasteiger charge is 2.27. The molecule has 2 aromatic carbocycles. The van der Waals surface area contributed by atoms with Crippen LogP contribution in [0.1, 0.15) is 44.0 Å². The number of hydrogen-bond acceptors (Lipinski definition) is 4. The molecule has 0 radical (unpaired) electrons. The number of benzene rings is 2. The first-order chi connectivity index (χ1) is 16.5. The number of aryl methyl sites for hydroxylation is 2. The predicted octanol–water partition coefficient (Wildman–Crippen LogP) is 3.33. The van der Waals surface area contributed by atoms with Gasteiger partial charge in [-0.1, -0.05) is 37.0 Å². The Hall–Kier alpha value is -3.15. The Morgan fingerprint density at radius 3 is 2.62 bits per heavy atom. The molecule has 1 N–H and O–H groups in total. The van der Waals surface area contributed by atoms with Crippen molar-refractivity contribution in [3.05, 3.63) is 59.9 Å². The van der Waals surface area contributed by atoms with Gasteiger partial charge >= 0.3 is 0 Å². The van der Waals surface area contributed by atoms with Gasteiger partial charge in [0.25, 0.3) is 0 Å². The van der Waals surface area contributed by atoms with Gasteiger partial charge in [-0.15, -0.1) is 0 Å². The van der Waals surface area contributed by atoms with E-state index in [0.717, 1.165) is 42.7 Å². The maximum atomic E-state index is 13.0. The summed E-state index contributed by atoms with van der Waals surface area (Å²) in [6, 6.07) is 14.8. The van der Waals surface area contributed by atoms with Crippen LogP contribution in [-0.2, 0) is 27.8 Å². The Morgan fingerprint density at radius 2 is 1.88 bits per heavy atom.